The molecule has 0 aromatic carbocycles. The molecule has 1 aliphatic heterocycles. The van der Waals surface area contributed by atoms with Gasteiger partial charge in [0, 0.05) is 17.8 Å². The summed E-state index contributed by atoms with van der Waals surface area (Å²) in [7, 11) is 0. The van der Waals surface area contributed by atoms with Gasteiger partial charge in [-0.05, 0) is 43.4 Å². The van der Waals surface area contributed by atoms with Gasteiger partial charge in [-0.2, -0.15) is 0 Å². The van der Waals surface area contributed by atoms with Gasteiger partial charge in [0.25, 0.3) is 0 Å². The molecule has 0 radical (unpaired) electrons. The van der Waals surface area contributed by atoms with E-state index in [0.29, 0.717) is 6.04 Å². The van der Waals surface area contributed by atoms with Gasteiger partial charge in [-0.1, -0.05) is 6.08 Å². The van der Waals surface area contributed by atoms with Crippen molar-refractivity contribution in [3.63, 3.8) is 0 Å². The highest BCUT2D eigenvalue weighted by Crippen LogP contribution is 2.35. The van der Waals surface area contributed by atoms with Gasteiger partial charge in [-0.25, -0.2) is 4.39 Å². The Balaban J connectivity index is 1.96. The van der Waals surface area contributed by atoms with Crippen LogP contribution in [0.1, 0.15) is 24.8 Å². The Hall–Kier alpha value is -1.22. The number of hydrogen-bond donors (Lipinski definition) is 1. The fourth-order valence-electron chi connectivity index (χ4n) is 2.88. The number of fused-ring (bicyclic) bond motifs is 1. The smallest absolute Gasteiger partial charge is 0.142 e. The minimum Gasteiger partial charge on any atom is -0.310 e. The molecule has 2 heterocycles. The molecule has 0 bridgehead atoms. The van der Waals surface area contributed by atoms with Crippen LogP contribution in [0.2, 0.25) is 0 Å². The van der Waals surface area contributed by atoms with E-state index >= 15 is 0 Å². The molecule has 84 valence electrons. The standard InChI is InChI=1S/C13H15FN2/c14-11-6-10(7-15-8-11)12-3-1-2-9-4-5-16-13(9)12/h3,6-9,13,16H,1-2,4-5H2/t9-,13+/m0/s1. The van der Waals surface area contributed by atoms with Crippen molar-refractivity contribution < 1.29 is 4.39 Å². The van der Waals surface area contributed by atoms with Crippen molar-refractivity contribution in [2.24, 2.45) is 5.92 Å². The van der Waals surface area contributed by atoms with Gasteiger partial charge in [-0.15, -0.1) is 0 Å². The number of aromatic nitrogens is 1. The Kier molecular flexibility index (Phi) is 2.48. The van der Waals surface area contributed by atoms with Crippen LogP contribution in [-0.2, 0) is 0 Å². The molecule has 2 atom stereocenters. The zero-order valence-electron chi connectivity index (χ0n) is 9.12. The van der Waals surface area contributed by atoms with E-state index in [1.807, 2.05) is 0 Å². The molecule has 1 fully saturated rings. The summed E-state index contributed by atoms with van der Waals surface area (Å²) < 4.78 is 13.2. The predicted octanol–water partition coefficient (Wildman–Crippen LogP) is 2.38. The lowest BCUT2D eigenvalue weighted by Gasteiger charge is -2.26. The van der Waals surface area contributed by atoms with Crippen molar-refractivity contribution in [1.82, 2.24) is 10.3 Å². The van der Waals surface area contributed by atoms with Gasteiger partial charge in [0.2, 0.25) is 0 Å². The number of nitrogens with zero attached hydrogens (tertiary/aromatic N) is 1. The zero-order chi connectivity index (χ0) is 11.0. The third-order valence-corrected chi connectivity index (χ3v) is 3.63. The van der Waals surface area contributed by atoms with E-state index in [9.17, 15) is 4.39 Å². The Morgan fingerprint density at radius 2 is 2.25 bits per heavy atom. The Morgan fingerprint density at radius 1 is 1.31 bits per heavy atom. The third kappa shape index (κ3) is 1.65. The van der Waals surface area contributed by atoms with Gasteiger partial charge in [0.1, 0.15) is 5.82 Å². The largest absolute Gasteiger partial charge is 0.310 e. The van der Waals surface area contributed by atoms with Crippen molar-refractivity contribution in [1.29, 1.82) is 0 Å². The van der Waals surface area contributed by atoms with Crippen LogP contribution < -0.4 is 5.32 Å². The molecular weight excluding hydrogens is 203 g/mol. The summed E-state index contributed by atoms with van der Waals surface area (Å²) in [5.41, 5.74) is 2.17. The first kappa shape index (κ1) is 9.97. The highest BCUT2D eigenvalue weighted by atomic mass is 19.1. The molecule has 1 saturated heterocycles. The maximum Gasteiger partial charge on any atom is 0.142 e. The van der Waals surface area contributed by atoms with Crippen LogP contribution in [0.3, 0.4) is 0 Å². The van der Waals surface area contributed by atoms with E-state index in [1.54, 1.807) is 12.3 Å². The first-order chi connectivity index (χ1) is 7.84. The SMILES string of the molecule is Fc1cncc(C2=CCC[C@H]3CCN[C@@H]23)c1. The van der Waals surface area contributed by atoms with Crippen LogP contribution in [0.15, 0.2) is 24.5 Å². The summed E-state index contributed by atoms with van der Waals surface area (Å²) in [6, 6.07) is 2.00. The Bertz CT molecular complexity index is 428. The molecule has 1 aromatic heterocycles. The summed E-state index contributed by atoms with van der Waals surface area (Å²) in [6.45, 7) is 1.08. The van der Waals surface area contributed by atoms with Crippen molar-refractivity contribution in [3.8, 4) is 0 Å². The lowest BCUT2D eigenvalue weighted by molar-refractivity contribution is 0.470. The maximum atomic E-state index is 13.2. The van der Waals surface area contributed by atoms with Gasteiger partial charge in [0.05, 0.1) is 6.20 Å². The van der Waals surface area contributed by atoms with E-state index in [-0.39, 0.29) is 5.82 Å². The monoisotopic (exact) mass is 218 g/mol. The summed E-state index contributed by atoms with van der Waals surface area (Å²) in [5.74, 6) is 0.474. The summed E-state index contributed by atoms with van der Waals surface area (Å²) in [4.78, 5) is 3.93. The molecule has 0 unspecified atom stereocenters. The van der Waals surface area contributed by atoms with Crippen molar-refractivity contribution in [2.75, 3.05) is 6.54 Å². The molecule has 1 aromatic rings. The molecule has 0 amide bonds. The topological polar surface area (TPSA) is 24.9 Å². The molecule has 0 saturated carbocycles. The summed E-state index contributed by atoms with van der Waals surface area (Å²) >= 11 is 0. The molecule has 1 N–H and O–H groups in total. The molecule has 0 spiro atoms. The van der Waals surface area contributed by atoms with Crippen LogP contribution in [0.4, 0.5) is 4.39 Å². The van der Waals surface area contributed by atoms with Gasteiger partial charge in [-0.3, -0.25) is 4.98 Å². The van der Waals surface area contributed by atoms with E-state index in [1.165, 1.54) is 24.6 Å². The Morgan fingerprint density at radius 3 is 3.12 bits per heavy atom. The first-order valence-corrected chi connectivity index (χ1v) is 5.89. The molecule has 3 heteroatoms. The van der Waals surface area contributed by atoms with E-state index in [2.05, 4.69) is 16.4 Å². The van der Waals surface area contributed by atoms with Gasteiger partial charge < -0.3 is 5.32 Å². The summed E-state index contributed by atoms with van der Waals surface area (Å²) in [6.07, 6.45) is 8.85. The lowest BCUT2D eigenvalue weighted by Crippen LogP contribution is -2.30. The number of halogens is 1. The average Bonchev–Trinajstić information content (AvgIpc) is 2.76. The van der Waals surface area contributed by atoms with E-state index in [0.717, 1.165) is 24.4 Å². The third-order valence-electron chi connectivity index (χ3n) is 3.63. The highest BCUT2D eigenvalue weighted by Gasteiger charge is 2.32. The van der Waals surface area contributed by atoms with Crippen LogP contribution in [-0.4, -0.2) is 17.6 Å². The van der Waals surface area contributed by atoms with Gasteiger partial charge >= 0.3 is 0 Å². The normalized spacial score (nSPS) is 28.7. The molecule has 3 rings (SSSR count). The second-order valence-corrected chi connectivity index (χ2v) is 4.61. The average molecular weight is 218 g/mol. The fraction of sp³-hybridized carbons (Fsp3) is 0.462. The zero-order valence-corrected chi connectivity index (χ0v) is 9.12. The quantitative estimate of drug-likeness (QED) is 0.782. The number of hydrogen-bond acceptors (Lipinski definition) is 2. The number of rotatable bonds is 1. The maximum absolute atomic E-state index is 13.2. The first-order valence-electron chi connectivity index (χ1n) is 5.89. The van der Waals surface area contributed by atoms with Crippen molar-refractivity contribution in [3.05, 3.63) is 35.9 Å². The van der Waals surface area contributed by atoms with E-state index in [4.69, 9.17) is 0 Å². The second-order valence-electron chi connectivity index (χ2n) is 4.61. The van der Waals surface area contributed by atoms with Crippen molar-refractivity contribution >= 4 is 5.57 Å². The van der Waals surface area contributed by atoms with Crippen LogP contribution in [0.5, 0.6) is 0 Å². The van der Waals surface area contributed by atoms with E-state index < -0.39 is 0 Å². The van der Waals surface area contributed by atoms with Crippen LogP contribution in [0, 0.1) is 11.7 Å². The Labute approximate surface area is 94.6 Å². The number of nitrogens with one attached hydrogen (secondary N) is 1. The molecule has 16 heavy (non-hydrogen) atoms. The molecule has 2 aliphatic rings. The minimum atomic E-state index is -0.251. The number of allylic oxidation sites excluding steroid dienone is 1. The number of pyridine rings is 1. The minimum absolute atomic E-state index is 0.251. The van der Waals surface area contributed by atoms with Crippen molar-refractivity contribution in [2.45, 2.75) is 25.3 Å². The molecule has 2 nitrogen and oxygen atoms in total. The molecular formula is C13H15FN2. The van der Waals surface area contributed by atoms with Gasteiger partial charge in [0.15, 0.2) is 0 Å². The lowest BCUT2D eigenvalue weighted by atomic mass is 9.82. The predicted molar refractivity (Wildman–Crippen MR) is 61.3 cm³/mol. The molecule has 1 aliphatic carbocycles. The van der Waals surface area contributed by atoms with Crippen LogP contribution in [0.25, 0.3) is 5.57 Å². The fourth-order valence-corrected chi connectivity index (χ4v) is 2.88. The highest BCUT2D eigenvalue weighted by molar-refractivity contribution is 5.70. The summed E-state index contributed by atoms with van der Waals surface area (Å²) in [5, 5.41) is 3.51. The second kappa shape index (κ2) is 3.98. The van der Waals surface area contributed by atoms with Crippen LogP contribution >= 0.6 is 0 Å².